The Balaban J connectivity index is 1.75. The maximum absolute atomic E-state index is 11.8. The summed E-state index contributed by atoms with van der Waals surface area (Å²) in [6.45, 7) is 4.97. The molecule has 0 radical (unpaired) electrons. The molecule has 2 amide bonds. The quantitative estimate of drug-likeness (QED) is 0.714. The van der Waals surface area contributed by atoms with E-state index in [1.165, 1.54) is 6.08 Å². The zero-order valence-corrected chi connectivity index (χ0v) is 9.45. The minimum atomic E-state index is -0.119. The van der Waals surface area contributed by atoms with Crippen molar-refractivity contribution >= 4 is 11.8 Å². The predicted octanol–water partition coefficient (Wildman–Crippen LogP) is 0.690. The number of piperidine rings is 1. The van der Waals surface area contributed by atoms with Crippen molar-refractivity contribution in [3.8, 4) is 0 Å². The number of carbonyl (C=O) groups excluding carboxylic acids is 2. The van der Waals surface area contributed by atoms with Crippen LogP contribution >= 0.6 is 0 Å². The predicted molar refractivity (Wildman–Crippen MR) is 60.7 cm³/mol. The average molecular weight is 222 g/mol. The summed E-state index contributed by atoms with van der Waals surface area (Å²) in [7, 11) is 0. The van der Waals surface area contributed by atoms with Crippen LogP contribution in [0.4, 0.5) is 0 Å². The summed E-state index contributed by atoms with van der Waals surface area (Å²) in [6, 6.07) is 0.203. The normalized spacial score (nSPS) is 21.6. The van der Waals surface area contributed by atoms with Crippen LogP contribution in [-0.4, -0.2) is 35.8 Å². The lowest BCUT2D eigenvalue weighted by Gasteiger charge is -2.32. The van der Waals surface area contributed by atoms with Crippen LogP contribution in [0.1, 0.15) is 25.7 Å². The maximum atomic E-state index is 11.8. The number of hydrogen-bond donors (Lipinski definition) is 1. The van der Waals surface area contributed by atoms with Crippen LogP contribution in [0.2, 0.25) is 0 Å². The smallest absolute Gasteiger partial charge is 0.243 e. The molecule has 1 aliphatic heterocycles. The summed E-state index contributed by atoms with van der Waals surface area (Å²) in [6.07, 6.45) is 5.13. The molecule has 0 bridgehead atoms. The SMILES string of the molecule is C=CC(=O)NC1CCN(C(=O)C2CC2)CC1. The Bertz CT molecular complexity index is 302. The minimum Gasteiger partial charge on any atom is -0.350 e. The molecule has 4 heteroatoms. The van der Waals surface area contributed by atoms with E-state index in [2.05, 4.69) is 11.9 Å². The Kier molecular flexibility index (Phi) is 3.27. The summed E-state index contributed by atoms with van der Waals surface area (Å²) in [5.41, 5.74) is 0. The van der Waals surface area contributed by atoms with Crippen LogP contribution in [0.5, 0.6) is 0 Å². The first-order valence-electron chi connectivity index (χ1n) is 5.92. The topological polar surface area (TPSA) is 49.4 Å². The molecular weight excluding hydrogens is 204 g/mol. The highest BCUT2D eigenvalue weighted by atomic mass is 16.2. The molecule has 1 saturated carbocycles. The lowest BCUT2D eigenvalue weighted by Crippen LogP contribution is -2.46. The van der Waals surface area contributed by atoms with Crippen LogP contribution in [-0.2, 0) is 9.59 Å². The van der Waals surface area contributed by atoms with E-state index in [0.717, 1.165) is 38.8 Å². The van der Waals surface area contributed by atoms with Gasteiger partial charge in [0.1, 0.15) is 0 Å². The van der Waals surface area contributed by atoms with E-state index >= 15 is 0 Å². The van der Waals surface area contributed by atoms with E-state index < -0.39 is 0 Å². The second-order valence-electron chi connectivity index (χ2n) is 4.59. The molecule has 1 heterocycles. The molecule has 2 aliphatic rings. The molecule has 0 atom stereocenters. The van der Waals surface area contributed by atoms with Gasteiger partial charge < -0.3 is 10.2 Å². The number of nitrogens with zero attached hydrogens (tertiary/aromatic N) is 1. The van der Waals surface area contributed by atoms with Gasteiger partial charge in [0.2, 0.25) is 11.8 Å². The summed E-state index contributed by atoms with van der Waals surface area (Å²) in [5.74, 6) is 0.500. The zero-order chi connectivity index (χ0) is 11.5. The van der Waals surface area contributed by atoms with Gasteiger partial charge in [-0.1, -0.05) is 6.58 Å². The Labute approximate surface area is 95.7 Å². The van der Waals surface area contributed by atoms with Crippen molar-refractivity contribution in [3.63, 3.8) is 0 Å². The maximum Gasteiger partial charge on any atom is 0.243 e. The van der Waals surface area contributed by atoms with E-state index in [4.69, 9.17) is 0 Å². The summed E-state index contributed by atoms with van der Waals surface area (Å²) in [4.78, 5) is 24.8. The van der Waals surface area contributed by atoms with Crippen molar-refractivity contribution in [2.24, 2.45) is 5.92 Å². The van der Waals surface area contributed by atoms with Crippen molar-refractivity contribution in [3.05, 3.63) is 12.7 Å². The van der Waals surface area contributed by atoms with Crippen molar-refractivity contribution in [1.29, 1.82) is 0 Å². The molecule has 0 aromatic heterocycles. The van der Waals surface area contributed by atoms with Crippen LogP contribution in [0.15, 0.2) is 12.7 Å². The van der Waals surface area contributed by atoms with Gasteiger partial charge in [0.15, 0.2) is 0 Å². The monoisotopic (exact) mass is 222 g/mol. The zero-order valence-electron chi connectivity index (χ0n) is 9.45. The van der Waals surface area contributed by atoms with Crippen molar-refractivity contribution in [2.75, 3.05) is 13.1 Å². The van der Waals surface area contributed by atoms with Gasteiger partial charge in [0.25, 0.3) is 0 Å². The standard InChI is InChI=1S/C12H18N2O2/c1-2-11(15)13-10-5-7-14(8-6-10)12(16)9-3-4-9/h2,9-10H,1,3-8H2,(H,13,15). The minimum absolute atomic E-state index is 0.119. The fourth-order valence-corrected chi connectivity index (χ4v) is 2.09. The van der Waals surface area contributed by atoms with Crippen LogP contribution < -0.4 is 5.32 Å². The molecule has 1 N–H and O–H groups in total. The van der Waals surface area contributed by atoms with E-state index in [1.807, 2.05) is 4.90 Å². The molecule has 4 nitrogen and oxygen atoms in total. The molecule has 0 aromatic carbocycles. The summed E-state index contributed by atoms with van der Waals surface area (Å²) < 4.78 is 0. The van der Waals surface area contributed by atoms with Gasteiger partial charge in [-0.25, -0.2) is 0 Å². The van der Waals surface area contributed by atoms with Gasteiger partial charge in [0, 0.05) is 25.0 Å². The molecule has 0 aromatic rings. The van der Waals surface area contributed by atoms with Crippen LogP contribution in [0, 0.1) is 5.92 Å². The lowest BCUT2D eigenvalue weighted by molar-refractivity contribution is -0.133. The number of carbonyl (C=O) groups is 2. The molecule has 2 rings (SSSR count). The second-order valence-corrected chi connectivity index (χ2v) is 4.59. The number of likely N-dealkylation sites (tertiary alicyclic amines) is 1. The molecule has 16 heavy (non-hydrogen) atoms. The number of rotatable bonds is 3. The fraction of sp³-hybridized carbons (Fsp3) is 0.667. The van der Waals surface area contributed by atoms with Crippen molar-refractivity contribution in [2.45, 2.75) is 31.7 Å². The van der Waals surface area contributed by atoms with Crippen LogP contribution in [0.3, 0.4) is 0 Å². The third kappa shape index (κ3) is 2.62. The highest BCUT2D eigenvalue weighted by molar-refractivity contribution is 5.87. The van der Waals surface area contributed by atoms with Crippen molar-refractivity contribution < 1.29 is 9.59 Å². The molecule has 2 fully saturated rings. The van der Waals surface area contributed by atoms with Gasteiger partial charge in [-0.2, -0.15) is 0 Å². The third-order valence-electron chi connectivity index (χ3n) is 3.27. The first-order chi connectivity index (χ1) is 7.70. The number of hydrogen-bond acceptors (Lipinski definition) is 2. The Hall–Kier alpha value is -1.32. The highest BCUT2D eigenvalue weighted by Gasteiger charge is 2.34. The summed E-state index contributed by atoms with van der Waals surface area (Å²) in [5, 5.41) is 2.88. The number of amides is 2. The Morgan fingerprint density at radius 1 is 1.19 bits per heavy atom. The number of nitrogens with one attached hydrogen (secondary N) is 1. The van der Waals surface area contributed by atoms with E-state index in [0.29, 0.717) is 11.8 Å². The van der Waals surface area contributed by atoms with Gasteiger partial charge in [-0.15, -0.1) is 0 Å². The average Bonchev–Trinajstić information content (AvgIpc) is 3.13. The molecule has 1 saturated heterocycles. The first kappa shape index (κ1) is 11.2. The Morgan fingerprint density at radius 3 is 2.31 bits per heavy atom. The molecule has 1 aliphatic carbocycles. The van der Waals surface area contributed by atoms with Gasteiger partial charge in [0.05, 0.1) is 0 Å². The second kappa shape index (κ2) is 4.68. The Morgan fingerprint density at radius 2 is 1.81 bits per heavy atom. The molecule has 0 unspecified atom stereocenters. The lowest BCUT2D eigenvalue weighted by atomic mass is 10.0. The largest absolute Gasteiger partial charge is 0.350 e. The molecule has 0 spiro atoms. The van der Waals surface area contributed by atoms with Gasteiger partial charge in [-0.3, -0.25) is 9.59 Å². The van der Waals surface area contributed by atoms with E-state index in [9.17, 15) is 9.59 Å². The van der Waals surface area contributed by atoms with Gasteiger partial charge >= 0.3 is 0 Å². The highest BCUT2D eigenvalue weighted by Crippen LogP contribution is 2.31. The third-order valence-corrected chi connectivity index (χ3v) is 3.27. The van der Waals surface area contributed by atoms with E-state index in [1.54, 1.807) is 0 Å². The van der Waals surface area contributed by atoms with Gasteiger partial charge in [-0.05, 0) is 31.8 Å². The van der Waals surface area contributed by atoms with Crippen molar-refractivity contribution in [1.82, 2.24) is 10.2 Å². The molecular formula is C12H18N2O2. The van der Waals surface area contributed by atoms with E-state index in [-0.39, 0.29) is 11.9 Å². The first-order valence-corrected chi connectivity index (χ1v) is 5.92. The van der Waals surface area contributed by atoms with Crippen LogP contribution in [0.25, 0.3) is 0 Å². The summed E-state index contributed by atoms with van der Waals surface area (Å²) >= 11 is 0. The molecule has 88 valence electrons. The fourth-order valence-electron chi connectivity index (χ4n) is 2.09.